The zero-order valence-corrected chi connectivity index (χ0v) is 21.1. The summed E-state index contributed by atoms with van der Waals surface area (Å²) in [5.41, 5.74) is 2.85. The third-order valence-corrected chi connectivity index (χ3v) is 6.01. The first-order valence-corrected chi connectivity index (χ1v) is 12.1. The quantitative estimate of drug-likeness (QED) is 0.430. The molecule has 4 N–H and O–H groups in total. The average molecular weight is 512 g/mol. The standard InChI is InChI=1S/C26H33N5O6/c1-18-6-3-4-7-20(18)28-25(35)29-21-9-8-19(16-22(21)37-2)17-23(32)30-12-5-13-31(15-14-30)26(36)27-11-10-24(33)34/h3-4,6-9,16H,5,10-15,17H2,1-2H3,(H,27,36)(H,33,34)(H2,28,29,35). The molecule has 37 heavy (non-hydrogen) atoms. The Morgan fingerprint density at radius 3 is 2.38 bits per heavy atom. The first-order chi connectivity index (χ1) is 17.8. The normalized spacial score (nSPS) is 13.4. The zero-order valence-electron chi connectivity index (χ0n) is 21.1. The summed E-state index contributed by atoms with van der Waals surface area (Å²) in [6.45, 7) is 3.73. The fourth-order valence-electron chi connectivity index (χ4n) is 3.98. The minimum Gasteiger partial charge on any atom is -0.495 e. The number of methoxy groups -OCH3 is 1. The van der Waals surface area contributed by atoms with Crippen molar-refractivity contribution in [3.05, 3.63) is 53.6 Å². The summed E-state index contributed by atoms with van der Waals surface area (Å²) >= 11 is 0. The van der Waals surface area contributed by atoms with E-state index in [2.05, 4.69) is 16.0 Å². The summed E-state index contributed by atoms with van der Waals surface area (Å²) in [5.74, 6) is -0.614. The largest absolute Gasteiger partial charge is 0.495 e. The van der Waals surface area contributed by atoms with Crippen molar-refractivity contribution in [1.29, 1.82) is 0 Å². The Kier molecular flexibility index (Phi) is 9.70. The van der Waals surface area contributed by atoms with E-state index in [-0.39, 0.29) is 31.3 Å². The van der Waals surface area contributed by atoms with E-state index in [0.717, 1.165) is 11.1 Å². The molecule has 5 amide bonds. The maximum Gasteiger partial charge on any atom is 0.323 e. The van der Waals surface area contributed by atoms with Crippen molar-refractivity contribution in [3.63, 3.8) is 0 Å². The Morgan fingerprint density at radius 2 is 1.65 bits per heavy atom. The number of nitrogens with one attached hydrogen (secondary N) is 3. The van der Waals surface area contributed by atoms with Gasteiger partial charge in [0.1, 0.15) is 5.75 Å². The summed E-state index contributed by atoms with van der Waals surface area (Å²) in [7, 11) is 1.50. The van der Waals surface area contributed by atoms with Crippen LogP contribution in [0.1, 0.15) is 24.0 Å². The highest BCUT2D eigenvalue weighted by Crippen LogP contribution is 2.26. The number of nitrogens with zero attached hydrogens (tertiary/aromatic N) is 2. The SMILES string of the molecule is COc1cc(CC(=O)N2CCCN(C(=O)NCCC(=O)O)CC2)ccc1NC(=O)Nc1ccccc1C. The average Bonchev–Trinajstić information content (AvgIpc) is 3.12. The number of ether oxygens (including phenoxy) is 1. The molecular weight excluding hydrogens is 478 g/mol. The molecule has 3 rings (SSSR count). The number of anilines is 2. The fourth-order valence-corrected chi connectivity index (χ4v) is 3.98. The summed E-state index contributed by atoms with van der Waals surface area (Å²) in [6, 6.07) is 11.9. The Bertz CT molecular complexity index is 1140. The van der Waals surface area contributed by atoms with E-state index >= 15 is 0 Å². The Hall–Kier alpha value is -4.28. The highest BCUT2D eigenvalue weighted by molar-refractivity contribution is 6.01. The number of aliphatic carboxylic acids is 1. The topological polar surface area (TPSA) is 140 Å². The molecule has 1 heterocycles. The van der Waals surface area contributed by atoms with Gasteiger partial charge < -0.3 is 35.6 Å². The van der Waals surface area contributed by atoms with E-state index in [1.54, 1.807) is 28.0 Å². The van der Waals surface area contributed by atoms with Crippen LogP contribution in [0.25, 0.3) is 0 Å². The van der Waals surface area contributed by atoms with Crippen LogP contribution in [0, 0.1) is 6.92 Å². The van der Waals surface area contributed by atoms with Gasteiger partial charge in [-0.1, -0.05) is 24.3 Å². The lowest BCUT2D eigenvalue weighted by molar-refractivity contribution is -0.136. The fraction of sp³-hybridized carbons (Fsp3) is 0.385. The maximum absolute atomic E-state index is 13.0. The summed E-state index contributed by atoms with van der Waals surface area (Å²) in [6.07, 6.45) is 0.635. The smallest absolute Gasteiger partial charge is 0.323 e. The van der Waals surface area contributed by atoms with Gasteiger partial charge in [0.15, 0.2) is 0 Å². The number of carbonyl (C=O) groups excluding carboxylic acids is 3. The number of rotatable bonds is 8. The second-order valence-corrected chi connectivity index (χ2v) is 8.70. The number of urea groups is 2. The molecule has 1 aliphatic rings. The van der Waals surface area contributed by atoms with Crippen LogP contribution in [-0.2, 0) is 16.0 Å². The van der Waals surface area contributed by atoms with Crippen LogP contribution in [0.15, 0.2) is 42.5 Å². The maximum atomic E-state index is 13.0. The van der Waals surface area contributed by atoms with Crippen molar-refractivity contribution in [2.45, 2.75) is 26.2 Å². The van der Waals surface area contributed by atoms with Crippen LogP contribution in [0.3, 0.4) is 0 Å². The van der Waals surface area contributed by atoms with Gasteiger partial charge in [0.25, 0.3) is 0 Å². The lowest BCUT2D eigenvalue weighted by atomic mass is 10.1. The van der Waals surface area contributed by atoms with Crippen LogP contribution in [-0.4, -0.2) is 78.7 Å². The van der Waals surface area contributed by atoms with E-state index in [0.29, 0.717) is 49.7 Å². The van der Waals surface area contributed by atoms with Gasteiger partial charge in [0.05, 0.1) is 25.6 Å². The van der Waals surface area contributed by atoms with Crippen molar-refractivity contribution in [1.82, 2.24) is 15.1 Å². The minimum atomic E-state index is -0.973. The zero-order chi connectivity index (χ0) is 26.8. The predicted octanol–water partition coefficient (Wildman–Crippen LogP) is 2.91. The number of amides is 5. The molecule has 0 unspecified atom stereocenters. The molecule has 1 saturated heterocycles. The van der Waals surface area contributed by atoms with Crippen LogP contribution in [0.4, 0.5) is 21.0 Å². The summed E-state index contributed by atoms with van der Waals surface area (Å²) in [5, 5.41) is 16.9. The van der Waals surface area contributed by atoms with E-state index in [1.165, 1.54) is 7.11 Å². The van der Waals surface area contributed by atoms with Crippen molar-refractivity contribution in [2.24, 2.45) is 0 Å². The molecule has 198 valence electrons. The molecule has 0 radical (unpaired) electrons. The Balaban J connectivity index is 1.54. The van der Waals surface area contributed by atoms with E-state index < -0.39 is 12.0 Å². The molecule has 11 heteroatoms. The van der Waals surface area contributed by atoms with Crippen LogP contribution < -0.4 is 20.7 Å². The molecule has 0 saturated carbocycles. The van der Waals surface area contributed by atoms with Crippen LogP contribution in [0.2, 0.25) is 0 Å². The number of benzene rings is 2. The summed E-state index contributed by atoms with van der Waals surface area (Å²) < 4.78 is 5.44. The highest BCUT2D eigenvalue weighted by Gasteiger charge is 2.22. The molecule has 2 aromatic rings. The Labute approximate surface area is 215 Å². The van der Waals surface area contributed by atoms with Gasteiger partial charge in [0.2, 0.25) is 5.91 Å². The number of carbonyl (C=O) groups is 4. The van der Waals surface area contributed by atoms with Crippen molar-refractivity contribution >= 4 is 35.3 Å². The van der Waals surface area contributed by atoms with Gasteiger partial charge in [-0.3, -0.25) is 9.59 Å². The van der Waals surface area contributed by atoms with Crippen molar-refractivity contribution in [2.75, 3.05) is 50.5 Å². The molecule has 1 aliphatic heterocycles. The first kappa shape index (κ1) is 27.3. The van der Waals surface area contributed by atoms with Gasteiger partial charge in [-0.25, -0.2) is 9.59 Å². The number of hydrogen-bond acceptors (Lipinski definition) is 5. The van der Waals surface area contributed by atoms with Gasteiger partial charge in [-0.15, -0.1) is 0 Å². The third kappa shape index (κ3) is 8.13. The van der Waals surface area contributed by atoms with Gasteiger partial charge in [0, 0.05) is 38.4 Å². The first-order valence-electron chi connectivity index (χ1n) is 12.1. The van der Waals surface area contributed by atoms with Crippen LogP contribution in [0.5, 0.6) is 5.75 Å². The molecule has 0 aliphatic carbocycles. The predicted molar refractivity (Wildman–Crippen MR) is 139 cm³/mol. The molecule has 2 aromatic carbocycles. The molecule has 0 atom stereocenters. The number of carboxylic acid groups (broad SMARTS) is 1. The lowest BCUT2D eigenvalue weighted by Gasteiger charge is -2.22. The second kappa shape index (κ2) is 13.1. The van der Waals surface area contributed by atoms with Gasteiger partial charge in [-0.05, 0) is 42.7 Å². The monoisotopic (exact) mass is 511 g/mol. The summed E-state index contributed by atoms with van der Waals surface area (Å²) in [4.78, 5) is 51.6. The van der Waals surface area contributed by atoms with Gasteiger partial charge >= 0.3 is 18.0 Å². The van der Waals surface area contributed by atoms with E-state index in [9.17, 15) is 19.2 Å². The molecule has 11 nitrogen and oxygen atoms in total. The molecule has 0 spiro atoms. The van der Waals surface area contributed by atoms with Gasteiger partial charge in [-0.2, -0.15) is 0 Å². The number of para-hydroxylation sites is 1. The molecule has 0 aromatic heterocycles. The minimum absolute atomic E-state index is 0.0630. The van der Waals surface area contributed by atoms with Crippen molar-refractivity contribution < 1.29 is 29.0 Å². The van der Waals surface area contributed by atoms with E-state index in [4.69, 9.17) is 9.84 Å². The third-order valence-electron chi connectivity index (χ3n) is 6.01. The molecule has 0 bridgehead atoms. The Morgan fingerprint density at radius 1 is 0.946 bits per heavy atom. The molecule has 1 fully saturated rings. The number of carboxylic acids is 1. The van der Waals surface area contributed by atoms with Crippen LogP contribution >= 0.6 is 0 Å². The second-order valence-electron chi connectivity index (χ2n) is 8.70. The van der Waals surface area contributed by atoms with Crippen molar-refractivity contribution in [3.8, 4) is 5.75 Å². The number of hydrogen-bond donors (Lipinski definition) is 4. The lowest BCUT2D eigenvalue weighted by Crippen LogP contribution is -2.43. The highest BCUT2D eigenvalue weighted by atomic mass is 16.5. The molecular formula is C26H33N5O6. The number of aryl methyl sites for hydroxylation is 1. The van der Waals surface area contributed by atoms with E-state index in [1.807, 2.05) is 31.2 Å².